The Hall–Kier alpha value is -2.55. The summed E-state index contributed by atoms with van der Waals surface area (Å²) >= 11 is 5.06. The maximum Gasteiger partial charge on any atom is 0.253 e. The first-order valence-electron chi connectivity index (χ1n) is 9.17. The van der Waals surface area contributed by atoms with Crippen LogP contribution in [-0.2, 0) is 17.8 Å². The normalized spacial score (nSPS) is 15.0. The number of H-pyrrole nitrogens is 2. The molecule has 1 aliphatic heterocycles. The van der Waals surface area contributed by atoms with Gasteiger partial charge in [-0.05, 0) is 35.5 Å². The molecule has 0 aliphatic carbocycles. The van der Waals surface area contributed by atoms with Gasteiger partial charge in [-0.25, -0.2) is 4.39 Å². The van der Waals surface area contributed by atoms with E-state index in [0.717, 1.165) is 44.0 Å². The average molecular weight is 400 g/mol. The number of aromatic nitrogens is 2. The van der Waals surface area contributed by atoms with Crippen molar-refractivity contribution >= 4 is 29.2 Å². The molecule has 1 aliphatic rings. The molecule has 0 radical (unpaired) electrons. The lowest BCUT2D eigenvalue weighted by Crippen LogP contribution is -2.36. The highest BCUT2D eigenvalue weighted by atomic mass is 32.1. The first kappa shape index (κ1) is 18.8. The Labute approximate surface area is 166 Å². The number of morpholine rings is 1. The van der Waals surface area contributed by atoms with Crippen LogP contribution in [0.2, 0.25) is 0 Å². The lowest BCUT2D eigenvalue weighted by molar-refractivity contribution is 0.0340. The van der Waals surface area contributed by atoms with Crippen LogP contribution < -0.4 is 5.32 Å². The average Bonchev–Trinajstić information content (AvgIpc) is 3.07. The summed E-state index contributed by atoms with van der Waals surface area (Å²) in [4.78, 5) is 20.8. The van der Waals surface area contributed by atoms with E-state index >= 15 is 0 Å². The number of hydrogen-bond donors (Lipinski definition) is 3. The van der Waals surface area contributed by atoms with Gasteiger partial charge < -0.3 is 20.0 Å². The molecule has 1 fully saturated rings. The molecule has 146 valence electrons. The fraction of sp³-hybridized carbons (Fsp3) is 0.300. The van der Waals surface area contributed by atoms with Gasteiger partial charge in [-0.1, -0.05) is 24.3 Å². The zero-order valence-electron chi connectivity index (χ0n) is 15.3. The second-order valence-electron chi connectivity index (χ2n) is 6.79. The highest BCUT2D eigenvalue weighted by molar-refractivity contribution is 7.71. The number of benzene rings is 2. The molecule has 2 heterocycles. The minimum Gasteiger partial charge on any atom is -0.379 e. The number of amides is 1. The molecule has 0 spiro atoms. The molecule has 3 N–H and O–H groups in total. The minimum absolute atomic E-state index is 0.230. The molecule has 1 amide bonds. The van der Waals surface area contributed by atoms with Crippen LogP contribution in [0.5, 0.6) is 0 Å². The maximum absolute atomic E-state index is 13.9. The molecular formula is C20H21FN4O2S. The predicted molar refractivity (Wildman–Crippen MR) is 107 cm³/mol. The molecule has 1 saturated heterocycles. The van der Waals surface area contributed by atoms with Gasteiger partial charge in [0.2, 0.25) is 0 Å². The Morgan fingerprint density at radius 2 is 1.93 bits per heavy atom. The molecule has 2 aromatic carbocycles. The van der Waals surface area contributed by atoms with E-state index in [1.165, 1.54) is 12.1 Å². The van der Waals surface area contributed by atoms with Gasteiger partial charge in [-0.2, -0.15) is 0 Å². The Morgan fingerprint density at radius 1 is 1.18 bits per heavy atom. The number of fused-ring (bicyclic) bond motifs is 1. The van der Waals surface area contributed by atoms with Gasteiger partial charge in [0.15, 0.2) is 4.77 Å². The van der Waals surface area contributed by atoms with Gasteiger partial charge in [-0.3, -0.25) is 9.69 Å². The summed E-state index contributed by atoms with van der Waals surface area (Å²) in [6.07, 6.45) is 0. The number of rotatable bonds is 5. The van der Waals surface area contributed by atoms with Gasteiger partial charge in [0.1, 0.15) is 5.82 Å². The zero-order chi connectivity index (χ0) is 19.5. The first-order chi connectivity index (χ1) is 13.6. The molecule has 1 aromatic heterocycles. The Morgan fingerprint density at radius 3 is 2.71 bits per heavy atom. The fourth-order valence-electron chi connectivity index (χ4n) is 3.44. The molecule has 0 saturated carbocycles. The first-order valence-corrected chi connectivity index (χ1v) is 9.57. The van der Waals surface area contributed by atoms with Crippen molar-refractivity contribution in [3.8, 4) is 0 Å². The third-order valence-corrected chi connectivity index (χ3v) is 5.09. The second-order valence-corrected chi connectivity index (χ2v) is 7.20. The standard InChI is InChI=1S/C20H21FN4O2S/c21-15-9-16(18-17(10-15)23-20(28)24-18)19(26)22-11-13-3-1-2-4-14(13)12-25-5-7-27-8-6-25/h1-4,9-10H,5-8,11-12H2,(H,22,26)(H2,23,24,28). The SMILES string of the molecule is O=C(NCc1ccccc1CN1CCOCC1)c1cc(F)cc2[nH]c(=S)[nH]c12. The van der Waals surface area contributed by atoms with Crippen molar-refractivity contribution in [2.45, 2.75) is 13.1 Å². The van der Waals surface area contributed by atoms with Crippen molar-refractivity contribution in [1.29, 1.82) is 0 Å². The lowest BCUT2D eigenvalue weighted by Gasteiger charge is -2.27. The van der Waals surface area contributed by atoms with Crippen molar-refractivity contribution in [1.82, 2.24) is 20.2 Å². The van der Waals surface area contributed by atoms with Gasteiger partial charge in [-0.15, -0.1) is 0 Å². The topological polar surface area (TPSA) is 73.2 Å². The number of aromatic amines is 2. The molecule has 3 aromatic rings. The number of ether oxygens (including phenoxy) is 1. The molecular weight excluding hydrogens is 379 g/mol. The molecule has 0 bridgehead atoms. The van der Waals surface area contributed by atoms with Crippen LogP contribution >= 0.6 is 12.2 Å². The summed E-state index contributed by atoms with van der Waals surface area (Å²) in [5.41, 5.74) is 3.41. The van der Waals surface area contributed by atoms with Crippen LogP contribution in [0.25, 0.3) is 11.0 Å². The zero-order valence-corrected chi connectivity index (χ0v) is 16.1. The molecule has 0 unspecified atom stereocenters. The van der Waals surface area contributed by atoms with E-state index in [1.54, 1.807) is 0 Å². The van der Waals surface area contributed by atoms with Crippen molar-refractivity contribution < 1.29 is 13.9 Å². The Kier molecular flexibility index (Phi) is 5.52. The van der Waals surface area contributed by atoms with Crippen LogP contribution in [0.1, 0.15) is 21.5 Å². The molecule has 28 heavy (non-hydrogen) atoms. The summed E-state index contributed by atoms with van der Waals surface area (Å²) < 4.78 is 19.6. The quantitative estimate of drug-likeness (QED) is 0.576. The Bertz CT molecular complexity index is 1060. The van der Waals surface area contributed by atoms with Crippen molar-refractivity contribution in [2.24, 2.45) is 0 Å². The lowest BCUT2D eigenvalue weighted by atomic mass is 10.1. The summed E-state index contributed by atoms with van der Waals surface area (Å²) in [5.74, 6) is -0.841. The fourth-order valence-corrected chi connectivity index (χ4v) is 3.65. The summed E-state index contributed by atoms with van der Waals surface area (Å²) in [6, 6.07) is 10.6. The number of carbonyl (C=O) groups excluding carboxylic acids is 1. The molecule has 6 nitrogen and oxygen atoms in total. The van der Waals surface area contributed by atoms with Gasteiger partial charge >= 0.3 is 0 Å². The number of carbonyl (C=O) groups is 1. The van der Waals surface area contributed by atoms with Crippen molar-refractivity contribution in [3.05, 3.63) is 63.7 Å². The van der Waals surface area contributed by atoms with Crippen molar-refractivity contribution in [3.63, 3.8) is 0 Å². The van der Waals surface area contributed by atoms with Crippen molar-refractivity contribution in [2.75, 3.05) is 26.3 Å². The van der Waals surface area contributed by atoms with Gasteiger partial charge in [0, 0.05) is 26.2 Å². The Balaban J connectivity index is 1.50. The smallest absolute Gasteiger partial charge is 0.253 e. The predicted octanol–water partition coefficient (Wildman–Crippen LogP) is 3.13. The number of nitrogens with one attached hydrogen (secondary N) is 3. The van der Waals surface area contributed by atoms with E-state index < -0.39 is 5.82 Å². The number of halogens is 1. The van der Waals surface area contributed by atoms with E-state index in [1.807, 2.05) is 18.2 Å². The minimum atomic E-state index is -0.490. The van der Waals surface area contributed by atoms with E-state index in [2.05, 4.69) is 26.3 Å². The molecule has 0 atom stereocenters. The van der Waals surface area contributed by atoms with Crippen LogP contribution in [0.3, 0.4) is 0 Å². The maximum atomic E-state index is 13.9. The third kappa shape index (κ3) is 4.14. The highest BCUT2D eigenvalue weighted by Crippen LogP contribution is 2.19. The summed E-state index contributed by atoms with van der Waals surface area (Å²) in [5, 5.41) is 2.90. The summed E-state index contributed by atoms with van der Waals surface area (Å²) in [6.45, 7) is 4.45. The van der Waals surface area contributed by atoms with E-state index in [-0.39, 0.29) is 11.5 Å². The van der Waals surface area contributed by atoms with Gasteiger partial charge in [0.25, 0.3) is 5.91 Å². The van der Waals surface area contributed by atoms with E-state index in [9.17, 15) is 9.18 Å². The van der Waals surface area contributed by atoms with E-state index in [0.29, 0.717) is 22.3 Å². The monoisotopic (exact) mass is 400 g/mol. The highest BCUT2D eigenvalue weighted by Gasteiger charge is 2.16. The van der Waals surface area contributed by atoms with Gasteiger partial charge in [0.05, 0.1) is 29.8 Å². The number of imidazole rings is 1. The number of hydrogen-bond acceptors (Lipinski definition) is 4. The number of nitrogens with zero attached hydrogens (tertiary/aromatic N) is 1. The van der Waals surface area contributed by atoms with Crippen LogP contribution in [0.15, 0.2) is 36.4 Å². The van der Waals surface area contributed by atoms with E-state index in [4.69, 9.17) is 17.0 Å². The summed E-state index contributed by atoms with van der Waals surface area (Å²) in [7, 11) is 0. The van der Waals surface area contributed by atoms with Crippen LogP contribution in [0, 0.1) is 10.6 Å². The molecule has 4 rings (SSSR count). The van der Waals surface area contributed by atoms with Crippen LogP contribution in [-0.4, -0.2) is 47.1 Å². The molecule has 8 heteroatoms. The third-order valence-electron chi connectivity index (χ3n) is 4.89. The van der Waals surface area contributed by atoms with Crippen LogP contribution in [0.4, 0.5) is 4.39 Å². The second kappa shape index (κ2) is 8.22. The largest absolute Gasteiger partial charge is 0.379 e.